The largest absolute Gasteiger partial charge is 0.421 e. The molecule has 0 aliphatic rings. The Morgan fingerprint density at radius 3 is 2.41 bits per heavy atom. The first kappa shape index (κ1) is 20.8. The van der Waals surface area contributed by atoms with Gasteiger partial charge in [0.1, 0.15) is 5.78 Å². The highest BCUT2D eigenvalue weighted by molar-refractivity contribution is 5.83. The Morgan fingerprint density at radius 1 is 1.00 bits per heavy atom. The fourth-order valence-electron chi connectivity index (χ4n) is 3.02. The zero-order valence-corrected chi connectivity index (χ0v) is 16.0. The summed E-state index contributed by atoms with van der Waals surface area (Å²) in [6.07, 6.45) is -1.94. The number of hydrogen-bond acceptors (Lipinski definition) is 4. The Hall–Kier alpha value is -2.96. The Labute approximate surface area is 166 Å². The molecule has 152 valence electrons. The van der Waals surface area contributed by atoms with E-state index in [-0.39, 0.29) is 24.2 Å². The highest BCUT2D eigenvalue weighted by atomic mass is 19.4. The van der Waals surface area contributed by atoms with Crippen LogP contribution in [0.2, 0.25) is 0 Å². The van der Waals surface area contributed by atoms with E-state index >= 15 is 0 Å². The highest BCUT2D eigenvalue weighted by Gasteiger charge is 2.33. The second kappa shape index (κ2) is 9.03. The van der Waals surface area contributed by atoms with Gasteiger partial charge in [-0.25, -0.2) is 0 Å². The van der Waals surface area contributed by atoms with Gasteiger partial charge in [-0.15, -0.1) is 10.2 Å². The Morgan fingerprint density at radius 2 is 1.72 bits per heavy atom. The second-order valence-electron chi connectivity index (χ2n) is 6.85. The van der Waals surface area contributed by atoms with E-state index in [4.69, 9.17) is 4.42 Å². The lowest BCUT2D eigenvalue weighted by Crippen LogP contribution is -2.13. The maximum Gasteiger partial charge on any atom is 0.416 e. The highest BCUT2D eigenvalue weighted by Crippen LogP contribution is 2.32. The molecule has 0 saturated carbocycles. The molecule has 0 unspecified atom stereocenters. The lowest BCUT2D eigenvalue weighted by atomic mass is 9.98. The number of halogens is 3. The van der Waals surface area contributed by atoms with E-state index in [0.717, 1.165) is 30.9 Å². The first-order valence-electron chi connectivity index (χ1n) is 9.45. The van der Waals surface area contributed by atoms with Gasteiger partial charge in [0, 0.05) is 24.8 Å². The Bertz CT molecular complexity index is 963. The van der Waals surface area contributed by atoms with Gasteiger partial charge in [-0.3, -0.25) is 4.79 Å². The molecule has 0 aliphatic heterocycles. The van der Waals surface area contributed by atoms with Crippen molar-refractivity contribution in [3.05, 3.63) is 71.1 Å². The third kappa shape index (κ3) is 5.53. The predicted molar refractivity (Wildman–Crippen MR) is 102 cm³/mol. The van der Waals surface area contributed by atoms with Gasteiger partial charge in [0.2, 0.25) is 11.8 Å². The van der Waals surface area contributed by atoms with Crippen LogP contribution in [0, 0.1) is 0 Å². The monoisotopic (exact) mass is 402 g/mol. The van der Waals surface area contributed by atoms with Gasteiger partial charge in [-0.05, 0) is 35.7 Å². The lowest BCUT2D eigenvalue weighted by molar-refractivity contribution is -0.138. The van der Waals surface area contributed by atoms with Crippen LogP contribution in [-0.2, 0) is 30.2 Å². The number of aromatic nitrogens is 2. The molecular formula is C22H21F3N2O2. The van der Waals surface area contributed by atoms with Gasteiger partial charge < -0.3 is 4.42 Å². The maximum absolute atomic E-state index is 13.1. The van der Waals surface area contributed by atoms with Crippen molar-refractivity contribution in [3.8, 4) is 11.5 Å². The van der Waals surface area contributed by atoms with Gasteiger partial charge in [-0.1, -0.05) is 43.7 Å². The summed E-state index contributed by atoms with van der Waals surface area (Å²) in [6, 6.07) is 12.2. The van der Waals surface area contributed by atoms with Crippen LogP contribution < -0.4 is 0 Å². The van der Waals surface area contributed by atoms with Crippen LogP contribution in [0.1, 0.15) is 42.3 Å². The smallest absolute Gasteiger partial charge is 0.416 e. The van der Waals surface area contributed by atoms with Crippen LogP contribution in [0.3, 0.4) is 0 Å². The third-order valence-electron chi connectivity index (χ3n) is 4.52. The van der Waals surface area contributed by atoms with Crippen molar-refractivity contribution >= 4 is 5.78 Å². The third-order valence-corrected chi connectivity index (χ3v) is 4.52. The molecule has 0 radical (unpaired) electrons. The molecule has 2 aromatic carbocycles. The second-order valence-corrected chi connectivity index (χ2v) is 6.85. The molecule has 3 rings (SSSR count). The molecule has 3 aromatic rings. The minimum atomic E-state index is -4.47. The Balaban J connectivity index is 1.64. The summed E-state index contributed by atoms with van der Waals surface area (Å²) >= 11 is 0. The summed E-state index contributed by atoms with van der Waals surface area (Å²) in [4.78, 5) is 12.3. The fourth-order valence-corrected chi connectivity index (χ4v) is 3.02. The number of nitrogens with zero attached hydrogens (tertiary/aromatic N) is 2. The van der Waals surface area contributed by atoms with E-state index in [1.807, 2.05) is 0 Å². The molecule has 1 heterocycles. The zero-order chi connectivity index (χ0) is 20.9. The number of carbonyl (C=O) groups is 1. The van der Waals surface area contributed by atoms with Crippen molar-refractivity contribution in [2.24, 2.45) is 0 Å². The number of benzene rings is 2. The van der Waals surface area contributed by atoms with E-state index < -0.39 is 11.7 Å². The first-order chi connectivity index (χ1) is 13.9. The average Bonchev–Trinajstić information content (AvgIpc) is 3.15. The molecule has 0 aliphatic carbocycles. The van der Waals surface area contributed by atoms with E-state index in [0.29, 0.717) is 17.3 Å². The van der Waals surface area contributed by atoms with Gasteiger partial charge in [0.25, 0.3) is 0 Å². The molecule has 4 nitrogen and oxygen atoms in total. The van der Waals surface area contributed by atoms with Gasteiger partial charge >= 0.3 is 6.18 Å². The molecule has 29 heavy (non-hydrogen) atoms. The number of rotatable bonds is 8. The van der Waals surface area contributed by atoms with Crippen LogP contribution in [0.15, 0.2) is 52.9 Å². The summed E-state index contributed by atoms with van der Waals surface area (Å²) in [5, 5.41) is 8.04. The minimum absolute atomic E-state index is 0.00733. The summed E-state index contributed by atoms with van der Waals surface area (Å²) in [7, 11) is 0. The van der Waals surface area contributed by atoms with Crippen molar-refractivity contribution in [1.29, 1.82) is 0 Å². The molecule has 0 amide bonds. The molecular weight excluding hydrogens is 381 g/mol. The normalized spacial score (nSPS) is 11.6. The average molecular weight is 402 g/mol. The summed E-state index contributed by atoms with van der Waals surface area (Å²) in [6.45, 7) is 2.08. The maximum atomic E-state index is 13.1. The molecule has 0 N–H and O–H groups in total. The van der Waals surface area contributed by atoms with Crippen molar-refractivity contribution in [2.45, 2.75) is 45.2 Å². The quantitative estimate of drug-likeness (QED) is 0.503. The van der Waals surface area contributed by atoms with Crippen LogP contribution in [0.25, 0.3) is 11.5 Å². The Kier molecular flexibility index (Phi) is 6.46. The summed E-state index contributed by atoms with van der Waals surface area (Å²) in [5.74, 6) is 0.714. The van der Waals surface area contributed by atoms with Crippen molar-refractivity contribution < 1.29 is 22.4 Å². The summed E-state index contributed by atoms with van der Waals surface area (Å²) in [5.41, 5.74) is 0.680. The standard InChI is InChI=1S/C22H21F3N2O2/c1-2-3-8-20-26-27-21(29-20)16-11-9-15(10-12-16)13-18(28)14-17-6-4-5-7-19(17)22(23,24)25/h4-7,9-12H,2-3,8,13-14H2,1H3. The molecule has 0 fully saturated rings. The molecule has 0 spiro atoms. The van der Waals surface area contributed by atoms with Crippen LogP contribution in [-0.4, -0.2) is 16.0 Å². The minimum Gasteiger partial charge on any atom is -0.421 e. The molecule has 0 bridgehead atoms. The molecule has 0 saturated heterocycles. The van der Waals surface area contributed by atoms with Crippen LogP contribution >= 0.6 is 0 Å². The van der Waals surface area contributed by atoms with Crippen molar-refractivity contribution in [1.82, 2.24) is 10.2 Å². The number of unbranched alkanes of at least 4 members (excludes halogenated alkanes) is 1. The van der Waals surface area contributed by atoms with Gasteiger partial charge in [-0.2, -0.15) is 13.2 Å². The summed E-state index contributed by atoms with van der Waals surface area (Å²) < 4.78 is 44.8. The van der Waals surface area contributed by atoms with Crippen LogP contribution in [0.5, 0.6) is 0 Å². The van der Waals surface area contributed by atoms with E-state index in [2.05, 4.69) is 17.1 Å². The topological polar surface area (TPSA) is 56.0 Å². The number of hydrogen-bond donors (Lipinski definition) is 0. The number of aryl methyl sites for hydroxylation is 1. The predicted octanol–water partition coefficient (Wildman–Crippen LogP) is 5.45. The van der Waals surface area contributed by atoms with Gasteiger partial charge in [0.05, 0.1) is 5.56 Å². The molecule has 0 atom stereocenters. The van der Waals surface area contributed by atoms with Gasteiger partial charge in [0.15, 0.2) is 0 Å². The van der Waals surface area contributed by atoms with Crippen LogP contribution in [0.4, 0.5) is 13.2 Å². The number of ketones is 1. The lowest BCUT2D eigenvalue weighted by Gasteiger charge is -2.12. The fraction of sp³-hybridized carbons (Fsp3) is 0.318. The zero-order valence-electron chi connectivity index (χ0n) is 16.0. The van der Waals surface area contributed by atoms with E-state index in [1.54, 1.807) is 24.3 Å². The number of carbonyl (C=O) groups excluding carboxylic acids is 1. The van der Waals surface area contributed by atoms with E-state index in [1.165, 1.54) is 18.2 Å². The molecule has 1 aromatic heterocycles. The van der Waals surface area contributed by atoms with Crippen molar-refractivity contribution in [2.75, 3.05) is 0 Å². The van der Waals surface area contributed by atoms with E-state index in [9.17, 15) is 18.0 Å². The first-order valence-corrected chi connectivity index (χ1v) is 9.45. The number of Topliss-reactive ketones (excluding diaryl/α,β-unsaturated/α-hetero) is 1. The number of alkyl halides is 3. The molecule has 7 heteroatoms. The van der Waals surface area contributed by atoms with Crippen molar-refractivity contribution in [3.63, 3.8) is 0 Å². The SMILES string of the molecule is CCCCc1nnc(-c2ccc(CC(=O)Cc3ccccc3C(F)(F)F)cc2)o1.